The number of carbonyl (C=O) groups is 2. The fourth-order valence-electron chi connectivity index (χ4n) is 8.21. The van der Waals surface area contributed by atoms with Crippen LogP contribution >= 0.6 is 0 Å². The Balaban J connectivity index is 3.42. The van der Waals surface area contributed by atoms with Crippen molar-refractivity contribution < 1.29 is 24.2 Å². The van der Waals surface area contributed by atoms with Crippen LogP contribution in [0.25, 0.3) is 0 Å². The molecule has 0 aromatic heterocycles. The summed E-state index contributed by atoms with van der Waals surface area (Å²) in [6, 6.07) is 0. The minimum absolute atomic E-state index is 0.0559. The number of aliphatic hydroxyl groups excluding tert-OH is 1. The van der Waals surface area contributed by atoms with Gasteiger partial charge < -0.3 is 14.6 Å². The molecule has 0 fully saturated rings. The molecule has 1 N–H and O–H groups in total. The van der Waals surface area contributed by atoms with Crippen molar-refractivity contribution in [3.8, 4) is 0 Å². The highest BCUT2D eigenvalue weighted by atomic mass is 16.6. The van der Waals surface area contributed by atoms with Crippen LogP contribution in [0.5, 0.6) is 0 Å². The summed E-state index contributed by atoms with van der Waals surface area (Å²) in [5, 5.41) is 9.63. The maximum Gasteiger partial charge on any atom is 0.306 e. The van der Waals surface area contributed by atoms with E-state index < -0.39 is 6.10 Å². The molecule has 0 saturated heterocycles. The lowest BCUT2D eigenvalue weighted by Crippen LogP contribution is -2.28. The van der Waals surface area contributed by atoms with E-state index in [0.717, 1.165) is 32.1 Å². The lowest BCUT2D eigenvalue weighted by Gasteiger charge is -2.15. The molecule has 1 atom stereocenters. The molecule has 5 heteroatoms. The molecule has 5 nitrogen and oxygen atoms in total. The third-order valence-corrected chi connectivity index (χ3v) is 12.2. The Labute approximate surface area is 357 Å². The van der Waals surface area contributed by atoms with E-state index in [4.69, 9.17) is 9.47 Å². The molecular weight excluding hydrogens is 705 g/mol. The van der Waals surface area contributed by atoms with Gasteiger partial charge in [0.2, 0.25) is 0 Å². The molecular formula is C52H102O5. The number of ether oxygens (including phenoxy) is 2. The van der Waals surface area contributed by atoms with Gasteiger partial charge in [-0.05, 0) is 12.8 Å². The van der Waals surface area contributed by atoms with Gasteiger partial charge in [0, 0.05) is 12.8 Å². The van der Waals surface area contributed by atoms with Crippen LogP contribution in [0.4, 0.5) is 0 Å². The zero-order valence-corrected chi connectivity index (χ0v) is 38.9. The normalized spacial score (nSPS) is 12.0. The fourth-order valence-corrected chi connectivity index (χ4v) is 8.21. The van der Waals surface area contributed by atoms with Gasteiger partial charge in [-0.2, -0.15) is 0 Å². The molecule has 0 bridgehead atoms. The average molecular weight is 807 g/mol. The maximum atomic E-state index is 12.3. The third kappa shape index (κ3) is 47.5. The van der Waals surface area contributed by atoms with Crippen molar-refractivity contribution in [3.05, 3.63) is 0 Å². The summed E-state index contributed by atoms with van der Waals surface area (Å²) in [4.78, 5) is 24.5. The molecule has 0 spiro atoms. The van der Waals surface area contributed by atoms with E-state index in [9.17, 15) is 14.7 Å². The topological polar surface area (TPSA) is 72.8 Å². The van der Waals surface area contributed by atoms with Crippen molar-refractivity contribution in [2.24, 2.45) is 0 Å². The summed E-state index contributed by atoms with van der Waals surface area (Å²) in [7, 11) is 0. The Morgan fingerprint density at radius 2 is 0.544 bits per heavy atom. The Morgan fingerprint density at radius 3 is 0.772 bits per heavy atom. The van der Waals surface area contributed by atoms with Crippen LogP contribution in [0, 0.1) is 0 Å². The zero-order chi connectivity index (χ0) is 41.4. The fraction of sp³-hybridized carbons (Fsp3) is 0.962. The van der Waals surface area contributed by atoms with E-state index in [1.807, 2.05) is 0 Å². The van der Waals surface area contributed by atoms with E-state index in [1.54, 1.807) is 0 Å². The van der Waals surface area contributed by atoms with Gasteiger partial charge in [0.15, 0.2) is 6.10 Å². The molecule has 57 heavy (non-hydrogen) atoms. The standard InChI is InChI=1S/C52H102O5/c1-3-5-7-9-11-13-15-17-19-21-23-25-27-29-31-33-35-37-39-41-43-45-47-52(55)57-50(48-53)49-56-51(54)46-44-42-40-38-36-34-32-30-28-26-24-22-20-18-16-14-12-10-8-6-4-2/h50,53H,3-49H2,1-2H3. The quantitative estimate of drug-likeness (QED) is 0.0490. The molecule has 0 aliphatic heterocycles. The highest BCUT2D eigenvalue weighted by Gasteiger charge is 2.16. The number of carbonyl (C=O) groups excluding carboxylic acids is 2. The molecule has 0 radical (unpaired) electrons. The number of hydrogen-bond donors (Lipinski definition) is 1. The maximum absolute atomic E-state index is 12.3. The predicted molar refractivity (Wildman–Crippen MR) is 247 cm³/mol. The first-order chi connectivity index (χ1) is 28.1. The molecule has 0 saturated carbocycles. The van der Waals surface area contributed by atoms with Gasteiger partial charge in [0.05, 0.1) is 6.61 Å². The second-order valence-corrected chi connectivity index (χ2v) is 18.0. The van der Waals surface area contributed by atoms with Gasteiger partial charge in [0.25, 0.3) is 0 Å². The van der Waals surface area contributed by atoms with Crippen molar-refractivity contribution in [2.45, 2.75) is 309 Å². The van der Waals surface area contributed by atoms with E-state index in [0.29, 0.717) is 12.8 Å². The number of hydrogen-bond acceptors (Lipinski definition) is 5. The summed E-state index contributed by atoms with van der Waals surface area (Å²) in [5.41, 5.74) is 0. The summed E-state index contributed by atoms with van der Waals surface area (Å²) in [6.45, 7) is 4.20. The smallest absolute Gasteiger partial charge is 0.306 e. The molecule has 1 unspecified atom stereocenters. The molecule has 0 heterocycles. The van der Waals surface area contributed by atoms with Crippen LogP contribution in [0.15, 0.2) is 0 Å². The summed E-state index contributed by atoms with van der Waals surface area (Å²) in [5.74, 6) is -0.565. The van der Waals surface area contributed by atoms with Crippen LogP contribution in [0.2, 0.25) is 0 Å². The van der Waals surface area contributed by atoms with Crippen molar-refractivity contribution in [1.29, 1.82) is 0 Å². The third-order valence-electron chi connectivity index (χ3n) is 12.2. The lowest BCUT2D eigenvalue weighted by atomic mass is 10.0. The van der Waals surface area contributed by atoms with Gasteiger partial charge in [0.1, 0.15) is 6.61 Å². The van der Waals surface area contributed by atoms with Crippen molar-refractivity contribution >= 4 is 11.9 Å². The van der Waals surface area contributed by atoms with Crippen LogP contribution in [0.3, 0.4) is 0 Å². The van der Waals surface area contributed by atoms with Crippen LogP contribution in [-0.4, -0.2) is 36.4 Å². The van der Waals surface area contributed by atoms with E-state index >= 15 is 0 Å². The first kappa shape index (κ1) is 55.9. The van der Waals surface area contributed by atoms with Gasteiger partial charge in [-0.15, -0.1) is 0 Å². The first-order valence-electron chi connectivity index (χ1n) is 26.1. The molecule has 0 aromatic carbocycles. The number of esters is 2. The second kappa shape index (κ2) is 49.3. The average Bonchev–Trinajstić information content (AvgIpc) is 3.21. The lowest BCUT2D eigenvalue weighted by molar-refractivity contribution is -0.161. The Morgan fingerprint density at radius 1 is 0.333 bits per heavy atom. The number of unbranched alkanes of at least 4 members (excludes halogenated alkanes) is 41. The van der Waals surface area contributed by atoms with E-state index in [2.05, 4.69) is 13.8 Å². The zero-order valence-electron chi connectivity index (χ0n) is 38.9. The number of rotatable bonds is 49. The van der Waals surface area contributed by atoms with Crippen LogP contribution < -0.4 is 0 Å². The second-order valence-electron chi connectivity index (χ2n) is 18.0. The molecule has 0 aliphatic carbocycles. The highest BCUT2D eigenvalue weighted by Crippen LogP contribution is 2.18. The van der Waals surface area contributed by atoms with Crippen molar-refractivity contribution in [1.82, 2.24) is 0 Å². The minimum atomic E-state index is -0.763. The highest BCUT2D eigenvalue weighted by molar-refractivity contribution is 5.70. The molecule has 0 aliphatic rings. The van der Waals surface area contributed by atoms with E-state index in [1.165, 1.54) is 244 Å². The van der Waals surface area contributed by atoms with Gasteiger partial charge in [-0.25, -0.2) is 0 Å². The van der Waals surface area contributed by atoms with Gasteiger partial charge in [-0.3, -0.25) is 9.59 Å². The summed E-state index contributed by atoms with van der Waals surface area (Å²) < 4.78 is 10.7. The Bertz CT molecular complexity index is 784. The van der Waals surface area contributed by atoms with Crippen molar-refractivity contribution in [2.75, 3.05) is 13.2 Å². The number of aliphatic hydroxyl groups is 1. The van der Waals surface area contributed by atoms with Crippen molar-refractivity contribution in [3.63, 3.8) is 0 Å². The van der Waals surface area contributed by atoms with E-state index in [-0.39, 0.29) is 25.2 Å². The Hall–Kier alpha value is -1.10. The SMILES string of the molecule is CCCCCCCCCCCCCCCCCCCCCCCCC(=O)OC(CO)COC(=O)CCCCCCCCCCCCCCCCCCCCCCC. The van der Waals surface area contributed by atoms with Gasteiger partial charge in [-0.1, -0.05) is 277 Å². The summed E-state index contributed by atoms with van der Waals surface area (Å²) in [6.07, 6.45) is 57.8. The molecule has 0 rings (SSSR count). The van der Waals surface area contributed by atoms with Crippen LogP contribution in [0.1, 0.15) is 303 Å². The molecule has 340 valence electrons. The summed E-state index contributed by atoms with van der Waals surface area (Å²) >= 11 is 0. The minimum Gasteiger partial charge on any atom is -0.462 e. The largest absolute Gasteiger partial charge is 0.462 e. The first-order valence-corrected chi connectivity index (χ1v) is 26.1. The van der Waals surface area contributed by atoms with Crippen LogP contribution in [-0.2, 0) is 19.1 Å². The predicted octanol–water partition coefficient (Wildman–Crippen LogP) is 17.0. The molecule has 0 amide bonds. The van der Waals surface area contributed by atoms with Gasteiger partial charge >= 0.3 is 11.9 Å². The monoisotopic (exact) mass is 807 g/mol. The molecule has 0 aromatic rings. The Kier molecular flexibility index (Phi) is 48.3.